The molecule has 0 fully saturated rings. The van der Waals surface area contributed by atoms with E-state index in [4.69, 9.17) is 4.74 Å². The minimum Gasteiger partial charge on any atom is -0.465 e. The average molecular weight is 352 g/mol. The van der Waals surface area contributed by atoms with Crippen molar-refractivity contribution < 1.29 is 19.5 Å². The lowest BCUT2D eigenvalue weighted by Crippen LogP contribution is -2.15. The molecule has 0 radical (unpaired) electrons. The summed E-state index contributed by atoms with van der Waals surface area (Å²) in [5.74, 6) is -0.661. The molecule has 26 heavy (non-hydrogen) atoms. The lowest BCUT2D eigenvalue weighted by molar-refractivity contribution is -0.116. The smallest absolute Gasteiger partial charge is 0.339 e. The predicted molar refractivity (Wildman–Crippen MR) is 98.5 cm³/mol. The number of esters is 1. The fourth-order valence-electron chi connectivity index (χ4n) is 2.96. The van der Waals surface area contributed by atoms with Crippen LogP contribution in [0.3, 0.4) is 0 Å². The largest absolute Gasteiger partial charge is 0.465 e. The topological polar surface area (TPSA) is 80.6 Å². The van der Waals surface area contributed by atoms with Gasteiger partial charge in [-0.15, -0.1) is 0 Å². The lowest BCUT2D eigenvalue weighted by Gasteiger charge is -2.09. The van der Waals surface area contributed by atoms with Gasteiger partial charge in [-0.1, -0.05) is 30.3 Å². The quantitative estimate of drug-likeness (QED) is 0.524. The van der Waals surface area contributed by atoms with Gasteiger partial charge in [0.1, 0.15) is 0 Å². The molecule has 6 heteroatoms. The summed E-state index contributed by atoms with van der Waals surface area (Å²) in [6.07, 6.45) is 3.27. The van der Waals surface area contributed by atoms with Gasteiger partial charge in [-0.3, -0.25) is 4.79 Å². The van der Waals surface area contributed by atoms with E-state index < -0.39 is 5.97 Å². The number of fused-ring (bicyclic) bond motifs is 1. The third-order valence-electron chi connectivity index (χ3n) is 4.23. The number of hydrogen-bond acceptors (Lipinski definition) is 4. The molecule has 1 aromatic heterocycles. The Balaban J connectivity index is 1.61. The number of anilines is 1. The maximum atomic E-state index is 12.2. The number of aryl methyl sites for hydroxylation is 1. The second-order valence-electron chi connectivity index (χ2n) is 5.95. The maximum Gasteiger partial charge on any atom is 0.339 e. The first-order chi connectivity index (χ1) is 12.6. The molecule has 3 rings (SSSR count). The number of methoxy groups -OCH3 is 1. The number of rotatable bonds is 6. The first-order valence-corrected chi connectivity index (χ1v) is 8.35. The first kappa shape index (κ1) is 17.5. The molecule has 134 valence electrons. The Labute approximate surface area is 151 Å². The number of ether oxygens (including phenoxy) is 1. The van der Waals surface area contributed by atoms with Crippen molar-refractivity contribution in [2.75, 3.05) is 12.4 Å². The number of amides is 1. The van der Waals surface area contributed by atoms with Crippen molar-refractivity contribution in [3.05, 3.63) is 65.9 Å². The molecular formula is C20H20N2O4. The molecule has 0 aliphatic rings. The summed E-state index contributed by atoms with van der Waals surface area (Å²) in [5, 5.41) is 13.6. The zero-order chi connectivity index (χ0) is 18.5. The highest BCUT2D eigenvalue weighted by Gasteiger charge is 2.13. The average Bonchev–Trinajstić information content (AvgIpc) is 2.98. The summed E-state index contributed by atoms with van der Waals surface area (Å²) in [7, 11) is 1.30. The van der Waals surface area contributed by atoms with Gasteiger partial charge in [-0.25, -0.2) is 4.79 Å². The van der Waals surface area contributed by atoms with Crippen LogP contribution in [0.25, 0.3) is 10.9 Å². The fourth-order valence-corrected chi connectivity index (χ4v) is 2.96. The van der Waals surface area contributed by atoms with Crippen LogP contribution in [0.5, 0.6) is 0 Å². The number of nitrogens with zero attached hydrogens (tertiary/aromatic N) is 1. The van der Waals surface area contributed by atoms with Gasteiger partial charge >= 0.3 is 5.97 Å². The molecule has 3 aromatic rings. The van der Waals surface area contributed by atoms with Gasteiger partial charge in [-0.2, -0.15) is 4.73 Å². The van der Waals surface area contributed by atoms with Gasteiger partial charge in [0.15, 0.2) is 0 Å². The minimum absolute atomic E-state index is 0.172. The monoisotopic (exact) mass is 352 g/mol. The Morgan fingerprint density at radius 1 is 1.12 bits per heavy atom. The Kier molecular flexibility index (Phi) is 5.22. The highest BCUT2D eigenvalue weighted by atomic mass is 16.5. The number of carbonyl (C=O) groups excluding carboxylic acids is 2. The van der Waals surface area contributed by atoms with E-state index in [2.05, 4.69) is 5.32 Å². The molecule has 1 amide bonds. The number of hydrogen-bond donors (Lipinski definition) is 2. The zero-order valence-electron chi connectivity index (χ0n) is 14.4. The lowest BCUT2D eigenvalue weighted by atomic mass is 10.1. The zero-order valence-corrected chi connectivity index (χ0v) is 14.4. The fraction of sp³-hybridized carbons (Fsp3) is 0.200. The van der Waals surface area contributed by atoms with E-state index in [-0.39, 0.29) is 5.91 Å². The highest BCUT2D eigenvalue weighted by molar-refractivity contribution is 6.01. The van der Waals surface area contributed by atoms with E-state index in [1.807, 2.05) is 24.3 Å². The highest BCUT2D eigenvalue weighted by Crippen LogP contribution is 2.22. The summed E-state index contributed by atoms with van der Waals surface area (Å²) in [6.45, 7) is 0. The van der Waals surface area contributed by atoms with Gasteiger partial charge in [-0.05, 0) is 36.6 Å². The minimum atomic E-state index is -0.489. The number of benzene rings is 2. The van der Waals surface area contributed by atoms with Crippen molar-refractivity contribution >= 4 is 28.5 Å². The summed E-state index contributed by atoms with van der Waals surface area (Å²) in [4.78, 5) is 24.0. The number of para-hydroxylation sites is 2. The molecule has 0 atom stereocenters. The molecule has 0 spiro atoms. The Bertz CT molecular complexity index is 946. The Hall–Kier alpha value is -3.28. The number of aromatic nitrogens is 1. The summed E-state index contributed by atoms with van der Waals surface area (Å²) in [6, 6.07) is 14.3. The molecule has 6 nitrogen and oxygen atoms in total. The maximum absolute atomic E-state index is 12.2. The number of nitrogens with one attached hydrogen (secondary N) is 1. The Morgan fingerprint density at radius 3 is 2.65 bits per heavy atom. The molecule has 0 bridgehead atoms. The van der Waals surface area contributed by atoms with Crippen LogP contribution >= 0.6 is 0 Å². The predicted octanol–water partition coefficient (Wildman–Crippen LogP) is 3.63. The van der Waals surface area contributed by atoms with Crippen LogP contribution in [-0.2, 0) is 16.0 Å². The SMILES string of the molecule is COC(=O)c1ccccc1NC(=O)CCCc1cn(O)c2ccccc12. The van der Waals surface area contributed by atoms with E-state index >= 15 is 0 Å². The van der Waals surface area contributed by atoms with Crippen LogP contribution < -0.4 is 5.32 Å². The van der Waals surface area contributed by atoms with Crippen molar-refractivity contribution in [1.29, 1.82) is 0 Å². The van der Waals surface area contributed by atoms with Crippen LogP contribution in [0.1, 0.15) is 28.8 Å². The van der Waals surface area contributed by atoms with Crippen LogP contribution in [0.15, 0.2) is 54.7 Å². The van der Waals surface area contributed by atoms with Gasteiger partial charge < -0.3 is 15.3 Å². The van der Waals surface area contributed by atoms with E-state index in [1.165, 1.54) is 7.11 Å². The molecular weight excluding hydrogens is 332 g/mol. The van der Waals surface area contributed by atoms with Gasteiger partial charge in [0.05, 0.1) is 23.9 Å². The third-order valence-corrected chi connectivity index (χ3v) is 4.23. The van der Waals surface area contributed by atoms with Gasteiger partial charge in [0.2, 0.25) is 5.91 Å². The molecule has 0 aliphatic carbocycles. The Morgan fingerprint density at radius 2 is 1.85 bits per heavy atom. The van der Waals surface area contributed by atoms with E-state index in [1.54, 1.807) is 30.5 Å². The molecule has 0 saturated heterocycles. The second kappa shape index (κ2) is 7.74. The van der Waals surface area contributed by atoms with Crippen molar-refractivity contribution in [3.8, 4) is 0 Å². The molecule has 0 aliphatic heterocycles. The standard InChI is InChI=1S/C20H20N2O4/c1-26-20(24)16-9-2-4-10-17(16)21-19(23)12-6-7-14-13-22(25)18-11-5-3-8-15(14)18/h2-5,8-11,13,25H,6-7,12H2,1H3,(H,21,23). The van der Waals surface area contributed by atoms with Crippen LogP contribution in [0.4, 0.5) is 5.69 Å². The molecule has 0 saturated carbocycles. The normalized spacial score (nSPS) is 10.7. The number of carbonyl (C=O) groups is 2. The summed E-state index contributed by atoms with van der Waals surface area (Å²) < 4.78 is 5.83. The van der Waals surface area contributed by atoms with Crippen LogP contribution in [-0.4, -0.2) is 28.9 Å². The first-order valence-electron chi connectivity index (χ1n) is 8.35. The van der Waals surface area contributed by atoms with E-state index in [9.17, 15) is 14.8 Å². The van der Waals surface area contributed by atoms with Crippen molar-refractivity contribution in [2.45, 2.75) is 19.3 Å². The second-order valence-corrected chi connectivity index (χ2v) is 5.95. The van der Waals surface area contributed by atoms with Crippen molar-refractivity contribution in [2.24, 2.45) is 0 Å². The molecule has 2 aromatic carbocycles. The molecule has 2 N–H and O–H groups in total. The van der Waals surface area contributed by atoms with Crippen LogP contribution in [0.2, 0.25) is 0 Å². The molecule has 1 heterocycles. The molecule has 0 unspecified atom stereocenters. The van der Waals surface area contributed by atoms with Crippen LogP contribution in [0, 0.1) is 0 Å². The third kappa shape index (κ3) is 3.69. The van der Waals surface area contributed by atoms with E-state index in [0.717, 1.165) is 21.2 Å². The van der Waals surface area contributed by atoms with Gasteiger partial charge in [0.25, 0.3) is 0 Å². The summed E-state index contributed by atoms with van der Waals surface area (Å²) >= 11 is 0. The summed E-state index contributed by atoms with van der Waals surface area (Å²) in [5.41, 5.74) is 2.51. The van der Waals surface area contributed by atoms with Gasteiger partial charge in [0, 0.05) is 18.0 Å². The van der Waals surface area contributed by atoms with E-state index in [0.29, 0.717) is 30.5 Å². The van der Waals surface area contributed by atoms with Crippen molar-refractivity contribution in [1.82, 2.24) is 4.73 Å². The van der Waals surface area contributed by atoms with Crippen molar-refractivity contribution in [3.63, 3.8) is 0 Å².